The molecule has 0 heterocycles. The summed E-state index contributed by atoms with van der Waals surface area (Å²) in [4.78, 5) is 21.9. The Bertz CT molecular complexity index is 530. The summed E-state index contributed by atoms with van der Waals surface area (Å²) in [6, 6.07) is 4.90. The van der Waals surface area contributed by atoms with Gasteiger partial charge in [0.05, 0.1) is 10.0 Å². The van der Waals surface area contributed by atoms with Gasteiger partial charge in [0.1, 0.15) is 6.61 Å². The minimum Gasteiger partial charge on any atom is -0.444 e. The van der Waals surface area contributed by atoms with Gasteiger partial charge in [-0.2, -0.15) is 0 Å². The molecule has 0 aliphatic rings. The predicted molar refractivity (Wildman–Crippen MR) is 72.7 cm³/mol. The second kappa shape index (κ2) is 7.01. The van der Waals surface area contributed by atoms with Crippen molar-refractivity contribution in [3.8, 4) is 0 Å². The molecule has 102 valence electrons. The number of carbonyl (C=O) groups is 2. The van der Waals surface area contributed by atoms with Crippen LogP contribution in [0.2, 0.25) is 10.0 Å². The molecule has 0 unspecified atom stereocenters. The van der Waals surface area contributed by atoms with Crippen LogP contribution in [0.15, 0.2) is 30.0 Å². The van der Waals surface area contributed by atoms with Crippen LogP contribution in [0.5, 0.6) is 0 Å². The highest BCUT2D eigenvalue weighted by Crippen LogP contribution is 2.22. The Balaban J connectivity index is 2.50. The maximum absolute atomic E-state index is 11.4. The van der Waals surface area contributed by atoms with Crippen molar-refractivity contribution in [3.63, 3.8) is 0 Å². The first-order valence-electron chi connectivity index (χ1n) is 5.24. The van der Waals surface area contributed by atoms with Crippen LogP contribution in [0.1, 0.15) is 12.5 Å². The molecule has 1 rings (SSSR count). The number of primary amides is 1. The molecule has 1 aromatic rings. The first-order valence-corrected chi connectivity index (χ1v) is 5.99. The zero-order valence-corrected chi connectivity index (χ0v) is 11.6. The molecule has 0 saturated heterocycles. The second-order valence-corrected chi connectivity index (χ2v) is 4.49. The van der Waals surface area contributed by atoms with Crippen LogP contribution in [0.3, 0.4) is 0 Å². The minimum absolute atomic E-state index is 0.0343. The molecule has 0 atom stereocenters. The Morgan fingerprint density at radius 1 is 1.37 bits per heavy atom. The molecule has 0 radical (unpaired) electrons. The topological polar surface area (TPSA) is 81.4 Å². The molecular weight excluding hydrogens is 291 g/mol. The molecular formula is C12H12Cl2N2O3. The Hall–Kier alpha value is -1.72. The standard InChI is InChI=1S/C12H12Cl2N2O3/c1-7(4-11(15)17)16-12(18)19-6-8-2-3-9(13)10(14)5-8/h2-5H,6H2,1H3,(H2,15,17)(H,16,18)/b7-4-. The molecule has 2 amide bonds. The van der Waals surface area contributed by atoms with Crippen LogP contribution >= 0.6 is 23.2 Å². The van der Waals surface area contributed by atoms with E-state index in [0.29, 0.717) is 21.3 Å². The Labute approximate surface area is 120 Å². The quantitative estimate of drug-likeness (QED) is 0.839. The van der Waals surface area contributed by atoms with E-state index in [1.54, 1.807) is 18.2 Å². The van der Waals surface area contributed by atoms with Crippen molar-refractivity contribution in [2.24, 2.45) is 5.73 Å². The second-order valence-electron chi connectivity index (χ2n) is 3.68. The van der Waals surface area contributed by atoms with Crippen molar-refractivity contribution in [2.75, 3.05) is 0 Å². The number of nitrogens with two attached hydrogens (primary N) is 1. The van der Waals surface area contributed by atoms with E-state index >= 15 is 0 Å². The van der Waals surface area contributed by atoms with Gasteiger partial charge >= 0.3 is 6.09 Å². The van der Waals surface area contributed by atoms with Crippen molar-refractivity contribution >= 4 is 35.2 Å². The summed E-state index contributed by atoms with van der Waals surface area (Å²) >= 11 is 11.6. The molecule has 1 aromatic carbocycles. The van der Waals surface area contributed by atoms with Gasteiger partial charge in [-0.25, -0.2) is 4.79 Å². The molecule has 0 bridgehead atoms. The Morgan fingerprint density at radius 2 is 2.05 bits per heavy atom. The average Bonchev–Trinajstić information content (AvgIpc) is 2.29. The lowest BCUT2D eigenvalue weighted by atomic mass is 10.2. The Morgan fingerprint density at radius 3 is 2.63 bits per heavy atom. The zero-order chi connectivity index (χ0) is 14.4. The van der Waals surface area contributed by atoms with Crippen molar-refractivity contribution in [2.45, 2.75) is 13.5 Å². The van der Waals surface area contributed by atoms with Gasteiger partial charge in [-0.05, 0) is 24.6 Å². The molecule has 5 nitrogen and oxygen atoms in total. The summed E-state index contributed by atoms with van der Waals surface area (Å²) in [7, 11) is 0. The summed E-state index contributed by atoms with van der Waals surface area (Å²) in [6.45, 7) is 1.55. The maximum Gasteiger partial charge on any atom is 0.411 e. The minimum atomic E-state index is -0.693. The zero-order valence-electron chi connectivity index (χ0n) is 10.1. The SMILES string of the molecule is C/C(=C/C(N)=O)NC(=O)OCc1ccc(Cl)c(Cl)c1. The van der Waals surface area contributed by atoms with E-state index in [4.69, 9.17) is 33.7 Å². The van der Waals surface area contributed by atoms with Crippen LogP contribution in [0.25, 0.3) is 0 Å². The summed E-state index contributed by atoms with van der Waals surface area (Å²) in [5.74, 6) is -0.651. The van der Waals surface area contributed by atoms with E-state index in [1.165, 1.54) is 6.92 Å². The van der Waals surface area contributed by atoms with Gasteiger partial charge in [0.25, 0.3) is 0 Å². The van der Waals surface area contributed by atoms with Crippen molar-refractivity contribution < 1.29 is 14.3 Å². The summed E-state index contributed by atoms with van der Waals surface area (Å²) in [5.41, 5.74) is 5.92. The number of hydrogen-bond acceptors (Lipinski definition) is 3. The van der Waals surface area contributed by atoms with Crippen LogP contribution in [0, 0.1) is 0 Å². The summed E-state index contributed by atoms with van der Waals surface area (Å²) in [5, 5.41) is 3.16. The number of ether oxygens (including phenoxy) is 1. The highest BCUT2D eigenvalue weighted by Gasteiger charge is 2.05. The third kappa shape index (κ3) is 5.63. The van der Waals surface area contributed by atoms with E-state index in [9.17, 15) is 9.59 Å². The lowest BCUT2D eigenvalue weighted by Crippen LogP contribution is -2.23. The fourth-order valence-corrected chi connectivity index (χ4v) is 1.55. The van der Waals surface area contributed by atoms with Crippen molar-refractivity contribution in [1.29, 1.82) is 0 Å². The fourth-order valence-electron chi connectivity index (χ4n) is 1.22. The van der Waals surface area contributed by atoms with Gasteiger partial charge in [-0.3, -0.25) is 10.1 Å². The van der Waals surface area contributed by atoms with Gasteiger partial charge in [0, 0.05) is 11.8 Å². The fraction of sp³-hybridized carbons (Fsp3) is 0.167. The lowest BCUT2D eigenvalue weighted by Gasteiger charge is -2.07. The number of nitrogens with one attached hydrogen (secondary N) is 1. The van der Waals surface area contributed by atoms with E-state index < -0.39 is 12.0 Å². The number of amides is 2. The normalized spacial score (nSPS) is 11.0. The number of allylic oxidation sites excluding steroid dienone is 1. The van der Waals surface area contributed by atoms with Crippen LogP contribution < -0.4 is 11.1 Å². The molecule has 0 saturated carbocycles. The number of benzene rings is 1. The van der Waals surface area contributed by atoms with Gasteiger partial charge in [0.2, 0.25) is 5.91 Å². The number of halogens is 2. The number of carbonyl (C=O) groups excluding carboxylic acids is 2. The highest BCUT2D eigenvalue weighted by atomic mass is 35.5. The van der Waals surface area contributed by atoms with Gasteiger partial charge < -0.3 is 10.5 Å². The first kappa shape index (κ1) is 15.3. The molecule has 0 aliphatic heterocycles. The maximum atomic E-state index is 11.4. The number of alkyl carbamates (subject to hydrolysis) is 1. The number of rotatable bonds is 4. The summed E-state index contributed by atoms with van der Waals surface area (Å²) < 4.78 is 4.93. The molecule has 7 heteroatoms. The monoisotopic (exact) mass is 302 g/mol. The van der Waals surface area contributed by atoms with Crippen LogP contribution in [-0.2, 0) is 16.1 Å². The molecule has 0 spiro atoms. The first-order chi connectivity index (χ1) is 8.88. The molecule has 3 N–H and O–H groups in total. The van der Waals surface area contributed by atoms with Gasteiger partial charge in [-0.15, -0.1) is 0 Å². The molecule has 0 aromatic heterocycles. The van der Waals surface area contributed by atoms with Crippen molar-refractivity contribution in [3.05, 3.63) is 45.6 Å². The predicted octanol–water partition coefficient (Wildman–Crippen LogP) is 2.61. The summed E-state index contributed by atoms with van der Waals surface area (Å²) in [6.07, 6.45) is 0.390. The third-order valence-electron chi connectivity index (χ3n) is 2.01. The highest BCUT2D eigenvalue weighted by molar-refractivity contribution is 6.42. The Kier molecular flexibility index (Phi) is 5.66. The average molecular weight is 303 g/mol. The third-order valence-corrected chi connectivity index (χ3v) is 2.75. The lowest BCUT2D eigenvalue weighted by molar-refractivity contribution is -0.113. The van der Waals surface area contributed by atoms with Crippen LogP contribution in [-0.4, -0.2) is 12.0 Å². The largest absolute Gasteiger partial charge is 0.444 e. The van der Waals surface area contributed by atoms with Crippen molar-refractivity contribution in [1.82, 2.24) is 5.32 Å². The molecule has 19 heavy (non-hydrogen) atoms. The van der Waals surface area contributed by atoms with Gasteiger partial charge in [0.15, 0.2) is 0 Å². The van der Waals surface area contributed by atoms with E-state index in [2.05, 4.69) is 5.32 Å². The van der Waals surface area contributed by atoms with E-state index in [1.807, 2.05) is 0 Å². The molecule has 0 fully saturated rings. The van der Waals surface area contributed by atoms with Crippen LogP contribution in [0.4, 0.5) is 4.79 Å². The smallest absolute Gasteiger partial charge is 0.411 e. The van der Waals surface area contributed by atoms with E-state index in [-0.39, 0.29) is 6.61 Å². The molecule has 0 aliphatic carbocycles. The number of hydrogen-bond donors (Lipinski definition) is 2. The van der Waals surface area contributed by atoms with E-state index in [0.717, 1.165) is 6.08 Å². The van der Waals surface area contributed by atoms with Gasteiger partial charge in [-0.1, -0.05) is 29.3 Å².